The van der Waals surface area contributed by atoms with Crippen molar-refractivity contribution in [3.63, 3.8) is 0 Å². The highest BCUT2D eigenvalue weighted by Gasteiger charge is 2.31. The first-order valence-electron chi connectivity index (χ1n) is 8.19. The van der Waals surface area contributed by atoms with Gasteiger partial charge < -0.3 is 5.32 Å². The highest BCUT2D eigenvalue weighted by atomic mass is 35.5. The molecular formula is C18H27ClFN. The number of hydrogen-bond acceptors (Lipinski definition) is 1. The van der Waals surface area contributed by atoms with Crippen molar-refractivity contribution in [1.29, 1.82) is 0 Å². The Hall–Kier alpha value is -0.600. The molecule has 1 aromatic carbocycles. The second kappa shape index (κ2) is 7.60. The molecule has 0 aliphatic heterocycles. The van der Waals surface area contributed by atoms with E-state index >= 15 is 0 Å². The Balaban J connectivity index is 2.24. The van der Waals surface area contributed by atoms with Crippen molar-refractivity contribution in [2.45, 2.75) is 52.5 Å². The Morgan fingerprint density at radius 1 is 1.24 bits per heavy atom. The Morgan fingerprint density at radius 3 is 2.48 bits per heavy atom. The maximum Gasteiger partial charge on any atom is 0.129 e. The van der Waals surface area contributed by atoms with Crippen LogP contribution in [0.5, 0.6) is 0 Å². The van der Waals surface area contributed by atoms with E-state index in [0.29, 0.717) is 10.9 Å². The van der Waals surface area contributed by atoms with E-state index in [4.69, 9.17) is 11.6 Å². The number of hydrogen-bond donors (Lipinski definition) is 1. The summed E-state index contributed by atoms with van der Waals surface area (Å²) in [7, 11) is 0. The molecular weight excluding hydrogens is 285 g/mol. The fourth-order valence-electron chi connectivity index (χ4n) is 3.87. The van der Waals surface area contributed by atoms with Crippen molar-refractivity contribution < 1.29 is 4.39 Å². The molecule has 0 aromatic heterocycles. The lowest BCUT2D eigenvalue weighted by molar-refractivity contribution is 0.174. The quantitative estimate of drug-likeness (QED) is 0.747. The lowest BCUT2D eigenvalue weighted by Gasteiger charge is -2.37. The normalized spacial score (nSPS) is 27.6. The molecule has 21 heavy (non-hydrogen) atoms. The highest BCUT2D eigenvalue weighted by molar-refractivity contribution is 6.30. The van der Waals surface area contributed by atoms with Crippen LogP contribution in [0.25, 0.3) is 0 Å². The van der Waals surface area contributed by atoms with Crippen LogP contribution in [0.15, 0.2) is 18.2 Å². The number of rotatable bonds is 5. The van der Waals surface area contributed by atoms with Gasteiger partial charge in [-0.3, -0.25) is 0 Å². The van der Waals surface area contributed by atoms with Crippen molar-refractivity contribution in [3.8, 4) is 0 Å². The van der Waals surface area contributed by atoms with Crippen LogP contribution in [0.3, 0.4) is 0 Å². The number of nitrogens with one attached hydrogen (secondary N) is 1. The summed E-state index contributed by atoms with van der Waals surface area (Å²) in [6, 6.07) is 5.20. The van der Waals surface area contributed by atoms with Crippen LogP contribution in [0.2, 0.25) is 5.02 Å². The molecule has 1 nitrogen and oxygen atoms in total. The summed E-state index contributed by atoms with van der Waals surface area (Å²) in [5, 5.41) is 4.04. The molecule has 0 heterocycles. The molecule has 1 fully saturated rings. The lowest BCUT2D eigenvalue weighted by atomic mass is 9.72. The first kappa shape index (κ1) is 16.8. The third-order valence-electron chi connectivity index (χ3n) is 4.60. The van der Waals surface area contributed by atoms with Gasteiger partial charge in [0.1, 0.15) is 5.82 Å². The summed E-state index contributed by atoms with van der Waals surface area (Å²) in [6.07, 6.45) is 4.70. The van der Waals surface area contributed by atoms with E-state index < -0.39 is 0 Å². The summed E-state index contributed by atoms with van der Waals surface area (Å²) in [4.78, 5) is 0. The van der Waals surface area contributed by atoms with Crippen molar-refractivity contribution in [1.82, 2.24) is 5.32 Å². The first-order valence-corrected chi connectivity index (χ1v) is 8.57. The molecule has 0 radical (unpaired) electrons. The molecule has 1 aromatic rings. The minimum absolute atomic E-state index is 0.104. The van der Waals surface area contributed by atoms with Gasteiger partial charge in [-0.25, -0.2) is 4.39 Å². The predicted molar refractivity (Wildman–Crippen MR) is 88.1 cm³/mol. The minimum Gasteiger partial charge on any atom is -0.310 e. The van der Waals surface area contributed by atoms with E-state index in [-0.39, 0.29) is 11.9 Å². The van der Waals surface area contributed by atoms with Crippen LogP contribution in [0, 0.1) is 23.6 Å². The molecule has 0 bridgehead atoms. The van der Waals surface area contributed by atoms with E-state index in [1.165, 1.54) is 25.3 Å². The third kappa shape index (κ3) is 4.43. The van der Waals surface area contributed by atoms with Gasteiger partial charge in [0.25, 0.3) is 0 Å². The molecule has 1 N–H and O–H groups in total. The smallest absolute Gasteiger partial charge is 0.129 e. The molecule has 0 saturated heterocycles. The maximum absolute atomic E-state index is 14.4. The molecule has 3 atom stereocenters. The van der Waals surface area contributed by atoms with Gasteiger partial charge in [-0.05, 0) is 62.1 Å². The number of benzene rings is 1. The van der Waals surface area contributed by atoms with E-state index in [1.807, 2.05) is 6.07 Å². The average Bonchev–Trinajstić information content (AvgIpc) is 2.40. The van der Waals surface area contributed by atoms with Crippen molar-refractivity contribution in [3.05, 3.63) is 34.6 Å². The summed E-state index contributed by atoms with van der Waals surface area (Å²) in [5.41, 5.74) is 0.777. The van der Waals surface area contributed by atoms with Gasteiger partial charge in [-0.2, -0.15) is 0 Å². The highest BCUT2D eigenvalue weighted by Crippen LogP contribution is 2.40. The fourth-order valence-corrected chi connectivity index (χ4v) is 4.02. The summed E-state index contributed by atoms with van der Waals surface area (Å²) in [6.45, 7) is 7.70. The van der Waals surface area contributed by atoms with E-state index in [0.717, 1.165) is 30.4 Å². The van der Waals surface area contributed by atoms with Crippen LogP contribution in [0.1, 0.15) is 58.1 Å². The largest absolute Gasteiger partial charge is 0.310 e. The van der Waals surface area contributed by atoms with Crippen LogP contribution in [-0.4, -0.2) is 6.54 Å². The van der Waals surface area contributed by atoms with E-state index in [2.05, 4.69) is 26.1 Å². The van der Waals surface area contributed by atoms with E-state index in [9.17, 15) is 4.39 Å². The summed E-state index contributed by atoms with van der Waals surface area (Å²) >= 11 is 5.90. The van der Waals surface area contributed by atoms with Crippen LogP contribution >= 0.6 is 11.6 Å². The molecule has 3 unspecified atom stereocenters. The van der Waals surface area contributed by atoms with Crippen molar-refractivity contribution in [2.24, 2.45) is 17.8 Å². The van der Waals surface area contributed by atoms with Crippen LogP contribution < -0.4 is 5.32 Å². The summed E-state index contributed by atoms with van der Waals surface area (Å²) in [5.74, 6) is 1.77. The summed E-state index contributed by atoms with van der Waals surface area (Å²) < 4.78 is 14.4. The Bertz CT molecular complexity index is 453. The zero-order valence-electron chi connectivity index (χ0n) is 13.3. The van der Waals surface area contributed by atoms with Gasteiger partial charge in [0.15, 0.2) is 0 Å². The zero-order valence-corrected chi connectivity index (χ0v) is 14.1. The monoisotopic (exact) mass is 311 g/mol. The van der Waals surface area contributed by atoms with Gasteiger partial charge >= 0.3 is 0 Å². The van der Waals surface area contributed by atoms with Gasteiger partial charge in [0.05, 0.1) is 0 Å². The molecule has 0 spiro atoms. The lowest BCUT2D eigenvalue weighted by Crippen LogP contribution is -2.34. The molecule has 3 heteroatoms. The predicted octanol–water partition coefficient (Wildman–Crippen LogP) is 5.59. The Morgan fingerprint density at radius 2 is 1.90 bits per heavy atom. The standard InChI is InChI=1S/C18H27ClFN/c1-4-7-21-18(14-9-12(2)8-13(3)10-14)16-6-5-15(19)11-17(16)20/h5-6,11-14,18,21H,4,7-10H2,1-3H3. The second-order valence-electron chi connectivity index (χ2n) is 6.78. The number of halogens is 2. The SMILES string of the molecule is CCCNC(c1ccc(Cl)cc1F)C1CC(C)CC(C)C1. The van der Waals surface area contributed by atoms with Gasteiger partial charge in [-0.1, -0.05) is 38.4 Å². The maximum atomic E-state index is 14.4. The fraction of sp³-hybridized carbons (Fsp3) is 0.667. The van der Waals surface area contributed by atoms with Crippen molar-refractivity contribution >= 4 is 11.6 Å². The molecule has 2 rings (SSSR count). The molecule has 1 saturated carbocycles. The molecule has 1 aliphatic carbocycles. The van der Waals surface area contributed by atoms with Crippen LogP contribution in [-0.2, 0) is 0 Å². The van der Waals surface area contributed by atoms with Gasteiger partial charge in [-0.15, -0.1) is 0 Å². The second-order valence-corrected chi connectivity index (χ2v) is 7.21. The van der Waals surface area contributed by atoms with Gasteiger partial charge in [0.2, 0.25) is 0 Å². The molecule has 1 aliphatic rings. The minimum atomic E-state index is -0.179. The van der Waals surface area contributed by atoms with Crippen LogP contribution in [0.4, 0.5) is 4.39 Å². The molecule has 118 valence electrons. The average molecular weight is 312 g/mol. The Kier molecular flexibility index (Phi) is 6.07. The Labute approximate surface area is 133 Å². The van der Waals surface area contributed by atoms with E-state index in [1.54, 1.807) is 6.07 Å². The zero-order chi connectivity index (χ0) is 15.4. The van der Waals surface area contributed by atoms with Crippen molar-refractivity contribution in [2.75, 3.05) is 6.54 Å². The molecule has 0 amide bonds. The third-order valence-corrected chi connectivity index (χ3v) is 4.83. The van der Waals surface area contributed by atoms with Gasteiger partial charge in [0, 0.05) is 16.6 Å². The first-order chi connectivity index (χ1) is 10.0. The topological polar surface area (TPSA) is 12.0 Å².